The third-order valence-corrected chi connectivity index (χ3v) is 2.86. The lowest BCUT2D eigenvalue weighted by molar-refractivity contribution is 0.107. The van der Waals surface area contributed by atoms with Gasteiger partial charge in [-0.3, -0.25) is 0 Å². The van der Waals surface area contributed by atoms with E-state index >= 15 is 0 Å². The molecule has 0 spiro atoms. The maximum absolute atomic E-state index is 5.71. The molecule has 1 aromatic rings. The number of hydrogen-bond donors (Lipinski definition) is 2. The Morgan fingerprint density at radius 2 is 2.44 bits per heavy atom. The van der Waals surface area contributed by atoms with Crippen LogP contribution in [0.15, 0.2) is 6.07 Å². The van der Waals surface area contributed by atoms with Gasteiger partial charge in [-0.2, -0.15) is 0 Å². The van der Waals surface area contributed by atoms with Crippen molar-refractivity contribution < 1.29 is 9.47 Å². The van der Waals surface area contributed by atoms with Crippen molar-refractivity contribution in [1.82, 2.24) is 9.97 Å². The summed E-state index contributed by atoms with van der Waals surface area (Å²) in [6.45, 7) is 2.09. The monoisotopic (exact) mass is 252 g/mol. The topological polar surface area (TPSA) is 82.3 Å². The second-order valence-corrected chi connectivity index (χ2v) is 4.38. The quantitative estimate of drug-likeness (QED) is 0.791. The van der Waals surface area contributed by atoms with Crippen LogP contribution < -0.4 is 11.1 Å². The van der Waals surface area contributed by atoms with Crippen LogP contribution in [0.4, 0.5) is 11.6 Å². The first kappa shape index (κ1) is 13.0. The van der Waals surface area contributed by atoms with Gasteiger partial charge >= 0.3 is 0 Å². The molecule has 6 nitrogen and oxygen atoms in total. The van der Waals surface area contributed by atoms with Gasteiger partial charge in [0.1, 0.15) is 18.2 Å². The molecular weight excluding hydrogens is 232 g/mol. The third kappa shape index (κ3) is 3.82. The number of nitrogens with two attached hydrogens (primary N) is 1. The minimum atomic E-state index is 0.367. The lowest BCUT2D eigenvalue weighted by Gasteiger charge is -2.11. The summed E-state index contributed by atoms with van der Waals surface area (Å²) in [6, 6.07) is 1.73. The standard InChI is InChI=1S/C12H20N4O2/c1-17-8-12-15-10(13)7-11(16-12)14-5-4-9-3-2-6-18-9/h7,9H,2-6,8H2,1H3,(H3,13,14,15,16). The molecule has 0 aromatic carbocycles. The number of nitrogen functional groups attached to an aromatic ring is 1. The highest BCUT2D eigenvalue weighted by Crippen LogP contribution is 2.15. The van der Waals surface area contributed by atoms with Crippen LogP contribution in [-0.2, 0) is 16.1 Å². The molecule has 6 heteroatoms. The molecule has 0 saturated carbocycles. The Morgan fingerprint density at radius 3 is 3.17 bits per heavy atom. The molecule has 3 N–H and O–H groups in total. The summed E-state index contributed by atoms with van der Waals surface area (Å²) in [7, 11) is 1.61. The van der Waals surface area contributed by atoms with E-state index in [0.29, 0.717) is 24.4 Å². The molecule has 1 saturated heterocycles. The second-order valence-electron chi connectivity index (χ2n) is 4.38. The van der Waals surface area contributed by atoms with Crippen LogP contribution >= 0.6 is 0 Å². The van der Waals surface area contributed by atoms with E-state index in [0.717, 1.165) is 31.8 Å². The molecule has 1 unspecified atom stereocenters. The number of methoxy groups -OCH3 is 1. The van der Waals surface area contributed by atoms with Gasteiger partial charge in [-0.25, -0.2) is 9.97 Å². The zero-order valence-corrected chi connectivity index (χ0v) is 10.7. The Bertz CT molecular complexity index is 380. The first-order valence-electron chi connectivity index (χ1n) is 6.26. The van der Waals surface area contributed by atoms with Gasteiger partial charge in [-0.1, -0.05) is 0 Å². The number of aromatic nitrogens is 2. The van der Waals surface area contributed by atoms with E-state index in [9.17, 15) is 0 Å². The highest BCUT2D eigenvalue weighted by molar-refractivity contribution is 5.44. The Morgan fingerprint density at radius 1 is 1.56 bits per heavy atom. The summed E-state index contributed by atoms with van der Waals surface area (Å²) in [6.07, 6.45) is 3.70. The molecule has 0 bridgehead atoms. The maximum atomic E-state index is 5.71. The predicted octanol–water partition coefficient (Wildman–Crippen LogP) is 1.19. The van der Waals surface area contributed by atoms with Crippen molar-refractivity contribution in [3.8, 4) is 0 Å². The van der Waals surface area contributed by atoms with Gasteiger partial charge in [0.25, 0.3) is 0 Å². The van der Waals surface area contributed by atoms with Crippen LogP contribution in [0, 0.1) is 0 Å². The van der Waals surface area contributed by atoms with Gasteiger partial charge < -0.3 is 20.5 Å². The summed E-state index contributed by atoms with van der Waals surface area (Å²) in [5.41, 5.74) is 5.71. The van der Waals surface area contributed by atoms with Gasteiger partial charge in [0.2, 0.25) is 0 Å². The minimum absolute atomic E-state index is 0.367. The SMILES string of the molecule is COCc1nc(N)cc(NCCC2CCCO2)n1. The molecule has 1 fully saturated rings. The predicted molar refractivity (Wildman–Crippen MR) is 69.2 cm³/mol. The van der Waals surface area contributed by atoms with Gasteiger partial charge in [0.15, 0.2) is 5.82 Å². The lowest BCUT2D eigenvalue weighted by Crippen LogP contribution is -2.14. The molecule has 0 amide bonds. The van der Waals surface area contributed by atoms with Crippen molar-refractivity contribution in [2.24, 2.45) is 0 Å². The number of rotatable bonds is 6. The Kier molecular flexibility index (Phi) is 4.72. The molecular formula is C12H20N4O2. The van der Waals surface area contributed by atoms with Crippen LogP contribution in [0.5, 0.6) is 0 Å². The van der Waals surface area contributed by atoms with Crippen molar-refractivity contribution >= 4 is 11.6 Å². The summed E-state index contributed by atoms with van der Waals surface area (Å²) in [5, 5.41) is 3.24. The second kappa shape index (κ2) is 6.51. The third-order valence-electron chi connectivity index (χ3n) is 2.86. The average Bonchev–Trinajstić information content (AvgIpc) is 2.82. The zero-order valence-electron chi connectivity index (χ0n) is 10.7. The largest absolute Gasteiger partial charge is 0.384 e. The van der Waals surface area contributed by atoms with Crippen LogP contribution in [0.1, 0.15) is 25.1 Å². The van der Waals surface area contributed by atoms with Crippen molar-refractivity contribution in [1.29, 1.82) is 0 Å². The van der Waals surface area contributed by atoms with E-state index in [1.807, 2.05) is 0 Å². The highest BCUT2D eigenvalue weighted by Gasteiger charge is 2.14. The van der Waals surface area contributed by atoms with E-state index in [1.165, 1.54) is 6.42 Å². The van der Waals surface area contributed by atoms with Crippen LogP contribution in [-0.4, -0.2) is 36.3 Å². The van der Waals surface area contributed by atoms with Gasteiger partial charge in [0, 0.05) is 26.3 Å². The summed E-state index contributed by atoms with van der Waals surface area (Å²) < 4.78 is 10.6. The fourth-order valence-electron chi connectivity index (χ4n) is 2.04. The zero-order chi connectivity index (χ0) is 12.8. The Hall–Kier alpha value is -1.40. The first-order chi connectivity index (χ1) is 8.78. The highest BCUT2D eigenvalue weighted by atomic mass is 16.5. The first-order valence-corrected chi connectivity index (χ1v) is 6.26. The molecule has 18 heavy (non-hydrogen) atoms. The number of nitrogens with zero attached hydrogens (tertiary/aromatic N) is 2. The molecule has 2 rings (SSSR count). The maximum Gasteiger partial charge on any atom is 0.158 e. The molecule has 2 heterocycles. The van der Waals surface area contributed by atoms with E-state index < -0.39 is 0 Å². The van der Waals surface area contributed by atoms with Crippen LogP contribution in [0.25, 0.3) is 0 Å². The summed E-state index contributed by atoms with van der Waals surface area (Å²) >= 11 is 0. The summed E-state index contributed by atoms with van der Waals surface area (Å²) in [5.74, 6) is 1.79. The lowest BCUT2D eigenvalue weighted by atomic mass is 10.2. The fraction of sp³-hybridized carbons (Fsp3) is 0.667. The van der Waals surface area contributed by atoms with E-state index in [-0.39, 0.29) is 0 Å². The fourth-order valence-corrected chi connectivity index (χ4v) is 2.04. The van der Waals surface area contributed by atoms with E-state index in [4.69, 9.17) is 15.2 Å². The molecule has 100 valence electrons. The molecule has 1 aliphatic rings. The number of nitrogens with one attached hydrogen (secondary N) is 1. The van der Waals surface area contributed by atoms with Crippen molar-refractivity contribution in [2.75, 3.05) is 31.3 Å². The van der Waals surface area contributed by atoms with E-state index in [2.05, 4.69) is 15.3 Å². The van der Waals surface area contributed by atoms with E-state index in [1.54, 1.807) is 13.2 Å². The van der Waals surface area contributed by atoms with Crippen LogP contribution in [0.2, 0.25) is 0 Å². The van der Waals surface area contributed by atoms with Gasteiger partial charge in [-0.15, -0.1) is 0 Å². The van der Waals surface area contributed by atoms with Crippen molar-refractivity contribution in [2.45, 2.75) is 32.0 Å². The molecule has 0 aliphatic carbocycles. The minimum Gasteiger partial charge on any atom is -0.384 e. The average molecular weight is 252 g/mol. The van der Waals surface area contributed by atoms with Gasteiger partial charge in [0.05, 0.1) is 6.10 Å². The molecule has 1 aliphatic heterocycles. The number of hydrogen-bond acceptors (Lipinski definition) is 6. The summed E-state index contributed by atoms with van der Waals surface area (Å²) in [4.78, 5) is 8.41. The number of anilines is 2. The van der Waals surface area contributed by atoms with Gasteiger partial charge in [-0.05, 0) is 19.3 Å². The number of ether oxygens (including phenoxy) is 2. The normalized spacial score (nSPS) is 19.1. The molecule has 1 atom stereocenters. The smallest absolute Gasteiger partial charge is 0.158 e. The Labute approximate surface area is 107 Å². The molecule has 1 aromatic heterocycles. The van der Waals surface area contributed by atoms with Crippen LogP contribution in [0.3, 0.4) is 0 Å². The van der Waals surface area contributed by atoms with Crippen molar-refractivity contribution in [3.05, 3.63) is 11.9 Å². The Balaban J connectivity index is 1.83. The molecule has 0 radical (unpaired) electrons. The van der Waals surface area contributed by atoms with Crippen molar-refractivity contribution in [3.63, 3.8) is 0 Å².